The van der Waals surface area contributed by atoms with Crippen molar-refractivity contribution >= 4 is 40.5 Å². The summed E-state index contributed by atoms with van der Waals surface area (Å²) in [5.41, 5.74) is 4.35. The van der Waals surface area contributed by atoms with Gasteiger partial charge in [-0.05, 0) is 54.2 Å². The van der Waals surface area contributed by atoms with Gasteiger partial charge in [0.05, 0.1) is 10.8 Å². The Balaban J connectivity index is 1.27. The van der Waals surface area contributed by atoms with E-state index in [4.69, 9.17) is 20.8 Å². The largest absolute Gasteiger partial charge is 0.481 e. The fourth-order valence-electron chi connectivity index (χ4n) is 4.91. The van der Waals surface area contributed by atoms with Crippen LogP contribution in [0.25, 0.3) is 33.6 Å². The van der Waals surface area contributed by atoms with Gasteiger partial charge in [-0.15, -0.1) is 0 Å². The number of pyridine rings is 1. The maximum atomic E-state index is 12.9. The first-order valence-corrected chi connectivity index (χ1v) is 13.3. The van der Waals surface area contributed by atoms with Crippen LogP contribution in [0.4, 0.5) is 10.5 Å². The predicted molar refractivity (Wildman–Crippen MR) is 153 cm³/mol. The zero-order valence-electron chi connectivity index (χ0n) is 21.6. The normalized spacial score (nSPS) is 14.4. The maximum Gasteiger partial charge on any atom is 0.412 e. The molecule has 40 heavy (non-hydrogen) atoms. The van der Waals surface area contributed by atoms with Crippen molar-refractivity contribution in [2.75, 3.05) is 5.32 Å². The number of benzene rings is 3. The molecule has 6 rings (SSSR count). The Morgan fingerprint density at radius 3 is 2.17 bits per heavy atom. The van der Waals surface area contributed by atoms with Gasteiger partial charge in [-0.25, -0.2) is 9.78 Å². The molecule has 0 aliphatic heterocycles. The predicted octanol–water partition coefficient (Wildman–Crippen LogP) is 8.24. The number of carbonyl (C=O) groups is 2. The topological polar surface area (TPSA) is 102 Å². The first-order valence-electron chi connectivity index (χ1n) is 12.9. The van der Waals surface area contributed by atoms with Crippen LogP contribution in [0.3, 0.4) is 0 Å². The fourth-order valence-corrected chi connectivity index (χ4v) is 5.05. The smallest absolute Gasteiger partial charge is 0.412 e. The molecular weight excluding hydrogens is 528 g/mol. The van der Waals surface area contributed by atoms with Crippen molar-refractivity contribution < 1.29 is 23.8 Å². The summed E-state index contributed by atoms with van der Waals surface area (Å²) >= 11 is 6.10. The molecule has 2 N–H and O–H groups in total. The highest BCUT2D eigenvalue weighted by molar-refractivity contribution is 6.29. The Morgan fingerprint density at radius 2 is 1.55 bits per heavy atom. The van der Waals surface area contributed by atoms with Crippen molar-refractivity contribution in [1.29, 1.82) is 0 Å². The van der Waals surface area contributed by atoms with E-state index >= 15 is 0 Å². The molecule has 1 aliphatic carbocycles. The second kappa shape index (κ2) is 10.2. The number of hydrogen-bond acceptors (Lipinski definition) is 5. The third-order valence-electron chi connectivity index (χ3n) is 7.38. The number of carboxylic acids is 1. The number of rotatable bonds is 7. The molecule has 7 nitrogen and oxygen atoms in total. The van der Waals surface area contributed by atoms with E-state index in [-0.39, 0.29) is 5.15 Å². The van der Waals surface area contributed by atoms with Gasteiger partial charge in [-0.2, -0.15) is 0 Å². The fraction of sp³-hybridized carbons (Fsp3) is 0.156. The van der Waals surface area contributed by atoms with Crippen molar-refractivity contribution in [1.82, 2.24) is 4.98 Å². The Labute approximate surface area is 235 Å². The number of carbonyl (C=O) groups excluding carboxylic acids is 1. The zero-order chi connectivity index (χ0) is 27.9. The summed E-state index contributed by atoms with van der Waals surface area (Å²) in [6.07, 6.45) is 0.264. The summed E-state index contributed by atoms with van der Waals surface area (Å²) in [5.74, 6) is -0.345. The van der Waals surface area contributed by atoms with E-state index in [2.05, 4.69) is 10.3 Å². The van der Waals surface area contributed by atoms with E-state index in [1.54, 1.807) is 12.1 Å². The van der Waals surface area contributed by atoms with Gasteiger partial charge in [-0.1, -0.05) is 90.5 Å². The van der Waals surface area contributed by atoms with Crippen LogP contribution in [0.5, 0.6) is 0 Å². The molecule has 5 aromatic rings. The Kier molecular flexibility index (Phi) is 6.52. The van der Waals surface area contributed by atoms with Crippen molar-refractivity contribution in [3.05, 3.63) is 107 Å². The van der Waals surface area contributed by atoms with E-state index in [9.17, 15) is 14.7 Å². The van der Waals surface area contributed by atoms with Crippen molar-refractivity contribution in [2.45, 2.75) is 31.3 Å². The van der Waals surface area contributed by atoms with Crippen molar-refractivity contribution in [2.24, 2.45) is 0 Å². The van der Waals surface area contributed by atoms with Gasteiger partial charge in [0.25, 0.3) is 0 Å². The summed E-state index contributed by atoms with van der Waals surface area (Å²) in [7, 11) is 0. The van der Waals surface area contributed by atoms with Gasteiger partial charge in [0.15, 0.2) is 5.76 Å². The van der Waals surface area contributed by atoms with Crippen LogP contribution in [-0.4, -0.2) is 22.2 Å². The average molecular weight is 553 g/mol. The lowest BCUT2D eigenvalue weighted by Gasteiger charge is -2.14. The number of amides is 1. The highest BCUT2D eigenvalue weighted by atomic mass is 35.5. The molecule has 0 bridgehead atoms. The first kappa shape index (κ1) is 25.6. The summed E-state index contributed by atoms with van der Waals surface area (Å²) < 4.78 is 11.7. The number of anilines is 1. The Bertz CT molecular complexity index is 1710. The lowest BCUT2D eigenvalue weighted by molar-refractivity contribution is -0.140. The van der Waals surface area contributed by atoms with E-state index in [1.807, 2.05) is 85.8 Å². The SMILES string of the molecule is C[C@@H](OC(=O)Nc1c(-c2ccc(-c3ccc(C4(C(=O)O)CC4)cc3)cc2)oc2nc(Cl)ccc12)c1ccccc1. The summed E-state index contributed by atoms with van der Waals surface area (Å²) in [5, 5.41) is 13.3. The molecule has 2 heterocycles. The maximum absolute atomic E-state index is 12.9. The molecule has 1 saturated carbocycles. The second-order valence-electron chi connectivity index (χ2n) is 9.92. The summed E-state index contributed by atoms with van der Waals surface area (Å²) in [6, 6.07) is 28.2. The third-order valence-corrected chi connectivity index (χ3v) is 7.59. The Morgan fingerprint density at radius 1 is 0.925 bits per heavy atom. The highest BCUT2D eigenvalue weighted by Gasteiger charge is 2.51. The minimum Gasteiger partial charge on any atom is -0.481 e. The van der Waals surface area contributed by atoms with Crippen LogP contribution >= 0.6 is 11.6 Å². The van der Waals surface area contributed by atoms with Gasteiger partial charge >= 0.3 is 12.1 Å². The second-order valence-corrected chi connectivity index (χ2v) is 10.3. The van der Waals surface area contributed by atoms with Crippen LogP contribution in [0, 0.1) is 0 Å². The van der Waals surface area contributed by atoms with E-state index in [0.717, 1.165) is 27.8 Å². The standard InChI is InChI=1S/C32H25ClN2O5/c1-19(20-5-3-2-4-6-20)39-31(38)35-27-25-15-16-26(33)34-29(25)40-28(27)23-9-7-21(8-10-23)22-11-13-24(14-12-22)32(17-18-32)30(36)37/h2-16,19H,17-18H2,1H3,(H,35,38)(H,36,37)/t19-/m1/s1. The minimum atomic E-state index is -0.769. The monoisotopic (exact) mass is 552 g/mol. The zero-order valence-corrected chi connectivity index (χ0v) is 22.3. The molecule has 1 aliphatic rings. The minimum absolute atomic E-state index is 0.272. The van der Waals surface area contributed by atoms with Crippen LogP contribution in [0.1, 0.15) is 37.0 Å². The van der Waals surface area contributed by atoms with Gasteiger partial charge in [0.2, 0.25) is 5.71 Å². The number of aliphatic carboxylic acids is 1. The van der Waals surface area contributed by atoms with Crippen LogP contribution in [0.2, 0.25) is 5.15 Å². The molecule has 0 unspecified atom stereocenters. The van der Waals surface area contributed by atoms with E-state index in [0.29, 0.717) is 35.4 Å². The number of fused-ring (bicyclic) bond motifs is 1. The molecule has 2 aromatic heterocycles. The van der Waals surface area contributed by atoms with Crippen molar-refractivity contribution in [3.63, 3.8) is 0 Å². The molecule has 3 aromatic carbocycles. The molecule has 200 valence electrons. The molecular formula is C32H25ClN2O5. The van der Waals surface area contributed by atoms with E-state index < -0.39 is 23.6 Å². The number of furan rings is 1. The first-order chi connectivity index (χ1) is 19.3. The lowest BCUT2D eigenvalue weighted by atomic mass is 9.93. The molecule has 0 spiro atoms. The van der Waals surface area contributed by atoms with Gasteiger partial charge in [-0.3, -0.25) is 10.1 Å². The molecule has 1 fully saturated rings. The number of aromatic nitrogens is 1. The number of nitrogens with zero attached hydrogens (tertiary/aromatic N) is 1. The summed E-state index contributed by atoms with van der Waals surface area (Å²) in [6.45, 7) is 1.81. The molecule has 0 saturated heterocycles. The molecule has 0 radical (unpaired) electrons. The molecule has 1 atom stereocenters. The van der Waals surface area contributed by atoms with Gasteiger partial charge in [0.1, 0.15) is 16.9 Å². The number of ether oxygens (including phenoxy) is 1. The average Bonchev–Trinajstić information content (AvgIpc) is 3.72. The van der Waals surface area contributed by atoms with Crippen LogP contribution in [-0.2, 0) is 14.9 Å². The van der Waals surface area contributed by atoms with Gasteiger partial charge in [0, 0.05) is 5.56 Å². The lowest BCUT2D eigenvalue weighted by Crippen LogP contribution is -2.19. The molecule has 8 heteroatoms. The van der Waals surface area contributed by atoms with Crippen molar-refractivity contribution in [3.8, 4) is 22.5 Å². The number of hydrogen-bond donors (Lipinski definition) is 2. The third kappa shape index (κ3) is 4.80. The van der Waals surface area contributed by atoms with E-state index in [1.165, 1.54) is 0 Å². The van der Waals surface area contributed by atoms with Crippen LogP contribution in [0.15, 0.2) is 95.4 Å². The van der Waals surface area contributed by atoms with Gasteiger partial charge < -0.3 is 14.3 Å². The quantitative estimate of drug-likeness (QED) is 0.197. The summed E-state index contributed by atoms with van der Waals surface area (Å²) in [4.78, 5) is 28.8. The highest BCUT2D eigenvalue weighted by Crippen LogP contribution is 2.48. The van der Waals surface area contributed by atoms with Crippen LogP contribution < -0.4 is 5.32 Å². The molecule has 1 amide bonds. The Hall–Kier alpha value is -4.62. The number of carboxylic acid groups (broad SMARTS) is 1. The number of nitrogens with one attached hydrogen (secondary N) is 1. The number of halogens is 1.